The number of hydrogen-bond donors (Lipinski definition) is 1. The molecule has 1 aromatic heterocycles. The van der Waals surface area contributed by atoms with Gasteiger partial charge in [-0.1, -0.05) is 11.3 Å². The van der Waals surface area contributed by atoms with Gasteiger partial charge < -0.3 is 14.7 Å². The van der Waals surface area contributed by atoms with Crippen LogP contribution in [0.1, 0.15) is 44.9 Å². The van der Waals surface area contributed by atoms with Crippen molar-refractivity contribution in [2.75, 3.05) is 24.6 Å². The summed E-state index contributed by atoms with van der Waals surface area (Å²) < 4.78 is 5.49. The molecule has 6 nitrogen and oxygen atoms in total. The van der Waals surface area contributed by atoms with Crippen molar-refractivity contribution in [1.29, 1.82) is 0 Å². The molecule has 2 heterocycles. The van der Waals surface area contributed by atoms with E-state index in [-0.39, 0.29) is 23.7 Å². The molecule has 0 bridgehead atoms. The third-order valence-electron chi connectivity index (χ3n) is 4.16. The van der Waals surface area contributed by atoms with Crippen molar-refractivity contribution in [3.8, 4) is 5.75 Å². The van der Waals surface area contributed by atoms with Gasteiger partial charge in [0.2, 0.25) is 5.78 Å². The fourth-order valence-electron chi connectivity index (χ4n) is 2.80. The Morgan fingerprint density at radius 1 is 1.31 bits per heavy atom. The Kier molecular flexibility index (Phi) is 5.93. The Bertz CT molecular complexity index is 831. The maximum Gasteiger partial charge on any atom is 0.342 e. The molecular formula is C18H19BrN2O4S. The van der Waals surface area contributed by atoms with Crippen LogP contribution in [-0.2, 0) is 4.74 Å². The van der Waals surface area contributed by atoms with Crippen LogP contribution in [0.25, 0.3) is 0 Å². The van der Waals surface area contributed by atoms with Crippen LogP contribution >= 0.6 is 27.3 Å². The van der Waals surface area contributed by atoms with Gasteiger partial charge in [0.1, 0.15) is 11.3 Å². The molecule has 0 saturated carbocycles. The number of piperidine rings is 1. The smallest absolute Gasteiger partial charge is 0.342 e. The van der Waals surface area contributed by atoms with Gasteiger partial charge in [-0.25, -0.2) is 9.78 Å². The number of carbonyl (C=O) groups excluding carboxylic acids is 2. The molecule has 26 heavy (non-hydrogen) atoms. The van der Waals surface area contributed by atoms with E-state index in [1.165, 1.54) is 30.0 Å². The maximum absolute atomic E-state index is 12.3. The van der Waals surface area contributed by atoms with E-state index in [2.05, 4.69) is 25.8 Å². The van der Waals surface area contributed by atoms with E-state index in [1.807, 2.05) is 0 Å². The van der Waals surface area contributed by atoms with E-state index >= 15 is 0 Å². The largest absolute Gasteiger partial charge is 0.506 e. The lowest BCUT2D eigenvalue weighted by Gasteiger charge is -2.25. The number of ketones is 1. The third-order valence-corrected chi connectivity index (χ3v) is 5.86. The molecule has 0 aliphatic carbocycles. The van der Waals surface area contributed by atoms with E-state index in [0.717, 1.165) is 36.6 Å². The summed E-state index contributed by atoms with van der Waals surface area (Å²) in [6.07, 6.45) is 5.03. The number of halogens is 1. The summed E-state index contributed by atoms with van der Waals surface area (Å²) in [5.74, 6) is -1.23. The van der Waals surface area contributed by atoms with Crippen molar-refractivity contribution in [1.82, 2.24) is 4.98 Å². The minimum atomic E-state index is -0.735. The number of Topliss-reactive ketones (excluding diaryl/α,β-unsaturated/α-hetero) is 1. The van der Waals surface area contributed by atoms with Gasteiger partial charge in [0.05, 0.1) is 15.5 Å². The highest BCUT2D eigenvalue weighted by Crippen LogP contribution is 2.30. The van der Waals surface area contributed by atoms with Gasteiger partial charge in [-0.05, 0) is 59.8 Å². The number of ether oxygens (including phenoxy) is 1. The first-order chi connectivity index (χ1) is 12.5. The van der Waals surface area contributed by atoms with Crippen LogP contribution in [0.4, 0.5) is 5.13 Å². The SMILES string of the molecule is Cc1cc(Br)c(O)c(C(=O)OCC(=O)c2cnc(N3CCCCC3)s2)c1. The first-order valence-corrected chi connectivity index (χ1v) is 9.97. The molecule has 1 fully saturated rings. The van der Waals surface area contributed by atoms with Crippen molar-refractivity contribution in [2.24, 2.45) is 0 Å². The van der Waals surface area contributed by atoms with Crippen molar-refractivity contribution in [3.05, 3.63) is 38.8 Å². The van der Waals surface area contributed by atoms with E-state index in [9.17, 15) is 14.7 Å². The number of aromatic nitrogens is 1. The topological polar surface area (TPSA) is 79.7 Å². The first-order valence-electron chi connectivity index (χ1n) is 8.36. The molecule has 138 valence electrons. The molecule has 1 aliphatic rings. The fourth-order valence-corrected chi connectivity index (χ4v) is 4.26. The summed E-state index contributed by atoms with van der Waals surface area (Å²) in [6, 6.07) is 3.21. The number of aryl methyl sites for hydroxylation is 1. The zero-order chi connectivity index (χ0) is 18.7. The molecule has 8 heteroatoms. The second kappa shape index (κ2) is 8.18. The molecule has 1 saturated heterocycles. The monoisotopic (exact) mass is 438 g/mol. The fraction of sp³-hybridized carbons (Fsp3) is 0.389. The van der Waals surface area contributed by atoms with Crippen LogP contribution in [-0.4, -0.2) is 41.5 Å². The van der Waals surface area contributed by atoms with Crippen molar-refractivity contribution in [2.45, 2.75) is 26.2 Å². The molecule has 0 spiro atoms. The molecule has 0 unspecified atom stereocenters. The number of benzene rings is 1. The molecule has 1 N–H and O–H groups in total. The van der Waals surface area contributed by atoms with Gasteiger partial charge in [0, 0.05) is 13.1 Å². The van der Waals surface area contributed by atoms with Gasteiger partial charge in [-0.2, -0.15) is 0 Å². The predicted molar refractivity (Wildman–Crippen MR) is 103 cm³/mol. The van der Waals surface area contributed by atoms with Gasteiger partial charge in [0.25, 0.3) is 0 Å². The molecular weight excluding hydrogens is 420 g/mol. The molecule has 3 rings (SSSR count). The molecule has 2 aromatic rings. The second-order valence-corrected chi connectivity index (χ2v) is 8.06. The molecule has 0 atom stereocenters. The van der Waals surface area contributed by atoms with E-state index in [4.69, 9.17) is 4.74 Å². The number of hydrogen-bond acceptors (Lipinski definition) is 7. The lowest BCUT2D eigenvalue weighted by atomic mass is 10.1. The van der Waals surface area contributed by atoms with Crippen LogP contribution in [0, 0.1) is 6.92 Å². The summed E-state index contributed by atoms with van der Waals surface area (Å²) in [7, 11) is 0. The average molecular weight is 439 g/mol. The van der Waals surface area contributed by atoms with E-state index < -0.39 is 5.97 Å². The van der Waals surface area contributed by atoms with Gasteiger partial charge >= 0.3 is 5.97 Å². The average Bonchev–Trinajstić information content (AvgIpc) is 3.13. The quantitative estimate of drug-likeness (QED) is 0.562. The third kappa shape index (κ3) is 4.24. The van der Waals surface area contributed by atoms with Crippen LogP contribution in [0.5, 0.6) is 5.75 Å². The summed E-state index contributed by atoms with van der Waals surface area (Å²) >= 11 is 4.51. The Morgan fingerprint density at radius 3 is 2.77 bits per heavy atom. The number of phenolic OH excluding ortho intramolecular Hbond substituents is 1. The number of aromatic hydroxyl groups is 1. The van der Waals surface area contributed by atoms with Crippen molar-refractivity contribution in [3.63, 3.8) is 0 Å². The van der Waals surface area contributed by atoms with E-state index in [1.54, 1.807) is 13.0 Å². The zero-order valence-electron chi connectivity index (χ0n) is 14.3. The summed E-state index contributed by atoms with van der Waals surface area (Å²) in [5.41, 5.74) is 0.824. The number of thiazole rings is 1. The van der Waals surface area contributed by atoms with E-state index in [0.29, 0.717) is 9.35 Å². The minimum absolute atomic E-state index is 0.0305. The van der Waals surface area contributed by atoms with Gasteiger partial charge in [-0.3, -0.25) is 4.79 Å². The lowest BCUT2D eigenvalue weighted by Crippen LogP contribution is -2.29. The summed E-state index contributed by atoms with van der Waals surface area (Å²) in [4.78, 5) is 31.4. The van der Waals surface area contributed by atoms with Crippen LogP contribution in [0.3, 0.4) is 0 Å². The summed E-state index contributed by atoms with van der Waals surface area (Å²) in [6.45, 7) is 3.33. The molecule has 0 radical (unpaired) electrons. The zero-order valence-corrected chi connectivity index (χ0v) is 16.7. The van der Waals surface area contributed by atoms with Gasteiger partial charge in [-0.15, -0.1) is 0 Å². The lowest BCUT2D eigenvalue weighted by molar-refractivity contribution is 0.0472. The Morgan fingerprint density at radius 2 is 2.04 bits per heavy atom. The molecule has 0 amide bonds. The number of carbonyl (C=O) groups is 2. The maximum atomic E-state index is 12.3. The predicted octanol–water partition coefficient (Wildman–Crippen LogP) is 3.95. The summed E-state index contributed by atoms with van der Waals surface area (Å²) in [5, 5.41) is 10.8. The normalized spacial score (nSPS) is 14.3. The van der Waals surface area contributed by atoms with Gasteiger partial charge in [0.15, 0.2) is 11.7 Å². The van der Waals surface area contributed by atoms with Crippen molar-refractivity contribution >= 4 is 44.2 Å². The highest BCUT2D eigenvalue weighted by Gasteiger charge is 2.20. The number of nitrogens with zero attached hydrogens (tertiary/aromatic N) is 2. The minimum Gasteiger partial charge on any atom is -0.506 e. The Hall–Kier alpha value is -1.93. The standard InChI is InChI=1S/C18H19BrN2O4S/c1-11-7-12(16(23)13(19)8-11)17(24)25-10-14(22)15-9-20-18(26-15)21-5-3-2-4-6-21/h7-9,23H,2-6,10H2,1H3. The number of esters is 1. The highest BCUT2D eigenvalue weighted by molar-refractivity contribution is 9.10. The molecule has 1 aliphatic heterocycles. The highest BCUT2D eigenvalue weighted by atomic mass is 79.9. The first kappa shape index (κ1) is 18.8. The number of rotatable bonds is 5. The number of phenols is 1. The molecule has 1 aromatic carbocycles. The van der Waals surface area contributed by atoms with Crippen molar-refractivity contribution < 1.29 is 19.4 Å². The Balaban J connectivity index is 1.62. The number of anilines is 1. The van der Waals surface area contributed by atoms with Crippen LogP contribution in [0.15, 0.2) is 22.8 Å². The van der Waals surface area contributed by atoms with Crippen LogP contribution in [0.2, 0.25) is 0 Å². The second-order valence-electron chi connectivity index (χ2n) is 6.20. The van der Waals surface area contributed by atoms with Crippen LogP contribution < -0.4 is 4.90 Å². The Labute approximate surface area is 163 Å².